The lowest BCUT2D eigenvalue weighted by Crippen LogP contribution is -2.62. The number of guanidine groups is 1. The van der Waals surface area contributed by atoms with Gasteiger partial charge in [0.15, 0.2) is 5.96 Å². The number of halogens is 1. The van der Waals surface area contributed by atoms with E-state index in [4.69, 9.17) is 0 Å². The number of piperidine rings is 2. The third kappa shape index (κ3) is 6.35. The minimum atomic E-state index is 0. The van der Waals surface area contributed by atoms with E-state index < -0.39 is 0 Å². The van der Waals surface area contributed by atoms with Gasteiger partial charge in [0.05, 0.1) is 0 Å². The van der Waals surface area contributed by atoms with Crippen molar-refractivity contribution in [3.05, 3.63) is 35.9 Å². The predicted molar refractivity (Wildman–Crippen MR) is 141 cm³/mol. The standard InChI is InChI=1S/C25H41N5.HI/c1-26-24(29-16-11-23(20-29)19-22-9-5-3-6-10-22)27-21-25(12-17-28(2)18-13-25)30-14-7-4-8-15-30;/h3,5-6,9-10,23H,4,7-8,11-21H2,1-2H3,(H,26,27);1H. The lowest BCUT2D eigenvalue weighted by molar-refractivity contribution is 0.0170. The molecule has 3 heterocycles. The maximum Gasteiger partial charge on any atom is 0.193 e. The van der Waals surface area contributed by atoms with Crippen molar-refractivity contribution in [2.45, 2.75) is 50.5 Å². The Balaban J connectivity index is 0.00000272. The van der Waals surface area contributed by atoms with Gasteiger partial charge in [-0.2, -0.15) is 0 Å². The third-order valence-electron chi connectivity index (χ3n) is 7.68. The second-order valence-corrected chi connectivity index (χ2v) is 9.77. The molecule has 4 rings (SSSR count). The zero-order valence-electron chi connectivity index (χ0n) is 19.6. The number of aliphatic imine (C=N–C) groups is 1. The van der Waals surface area contributed by atoms with E-state index in [0.29, 0.717) is 5.54 Å². The maximum atomic E-state index is 4.69. The van der Waals surface area contributed by atoms with Crippen LogP contribution in [0.1, 0.15) is 44.1 Å². The zero-order valence-corrected chi connectivity index (χ0v) is 21.9. The lowest BCUT2D eigenvalue weighted by Gasteiger charge is -2.50. The molecule has 1 atom stereocenters. The van der Waals surface area contributed by atoms with Crippen molar-refractivity contribution in [1.82, 2.24) is 20.0 Å². The van der Waals surface area contributed by atoms with Crippen LogP contribution in [0.4, 0.5) is 0 Å². The SMILES string of the molecule is CN=C(NCC1(N2CCCCC2)CCN(C)CC1)N1CCC(Cc2ccccc2)C1.I. The summed E-state index contributed by atoms with van der Waals surface area (Å²) in [4.78, 5) is 12.5. The Kier molecular flexibility index (Phi) is 9.47. The number of hydrogen-bond acceptors (Lipinski definition) is 3. The van der Waals surface area contributed by atoms with E-state index in [2.05, 4.69) is 62.4 Å². The number of nitrogens with zero attached hydrogens (tertiary/aromatic N) is 4. The molecule has 3 aliphatic rings. The van der Waals surface area contributed by atoms with E-state index in [9.17, 15) is 0 Å². The van der Waals surface area contributed by atoms with Crippen molar-refractivity contribution in [3.63, 3.8) is 0 Å². The first kappa shape index (κ1) is 24.8. The van der Waals surface area contributed by atoms with Crippen LogP contribution in [-0.2, 0) is 6.42 Å². The molecule has 0 bridgehead atoms. The van der Waals surface area contributed by atoms with E-state index in [1.165, 1.54) is 76.7 Å². The van der Waals surface area contributed by atoms with Crippen molar-refractivity contribution in [1.29, 1.82) is 0 Å². The highest BCUT2D eigenvalue weighted by Gasteiger charge is 2.40. The molecule has 31 heavy (non-hydrogen) atoms. The second kappa shape index (κ2) is 11.8. The van der Waals surface area contributed by atoms with Crippen LogP contribution >= 0.6 is 24.0 Å². The van der Waals surface area contributed by atoms with Crippen molar-refractivity contribution in [3.8, 4) is 0 Å². The first-order chi connectivity index (χ1) is 14.7. The summed E-state index contributed by atoms with van der Waals surface area (Å²) >= 11 is 0. The molecular weight excluding hydrogens is 497 g/mol. The second-order valence-electron chi connectivity index (χ2n) is 9.77. The number of hydrogen-bond donors (Lipinski definition) is 1. The predicted octanol–water partition coefficient (Wildman–Crippen LogP) is 3.69. The average Bonchev–Trinajstić information content (AvgIpc) is 3.25. The van der Waals surface area contributed by atoms with Gasteiger partial charge in [0.2, 0.25) is 0 Å². The van der Waals surface area contributed by atoms with Crippen molar-refractivity contribution < 1.29 is 0 Å². The molecule has 174 valence electrons. The van der Waals surface area contributed by atoms with Gasteiger partial charge < -0.3 is 15.1 Å². The molecule has 1 unspecified atom stereocenters. The Morgan fingerprint density at radius 2 is 1.74 bits per heavy atom. The number of benzene rings is 1. The molecule has 0 aromatic heterocycles. The number of likely N-dealkylation sites (tertiary alicyclic amines) is 3. The minimum Gasteiger partial charge on any atom is -0.354 e. The fraction of sp³-hybridized carbons (Fsp3) is 0.720. The average molecular weight is 540 g/mol. The lowest BCUT2D eigenvalue weighted by atomic mass is 9.84. The van der Waals surface area contributed by atoms with Gasteiger partial charge in [0.1, 0.15) is 0 Å². The van der Waals surface area contributed by atoms with Crippen molar-refractivity contribution in [2.75, 3.05) is 59.9 Å². The summed E-state index contributed by atoms with van der Waals surface area (Å²) in [6.45, 7) is 8.23. The maximum absolute atomic E-state index is 4.69. The molecule has 1 N–H and O–H groups in total. The highest BCUT2D eigenvalue weighted by atomic mass is 127. The normalized spacial score (nSPS) is 25.3. The molecule has 6 heteroatoms. The van der Waals surface area contributed by atoms with Crippen molar-refractivity contribution in [2.24, 2.45) is 10.9 Å². The van der Waals surface area contributed by atoms with Crippen LogP contribution in [0.15, 0.2) is 35.3 Å². The quantitative estimate of drug-likeness (QED) is 0.352. The van der Waals surface area contributed by atoms with Gasteiger partial charge in [-0.1, -0.05) is 36.8 Å². The van der Waals surface area contributed by atoms with Gasteiger partial charge in [-0.05, 0) is 83.2 Å². The fourth-order valence-electron chi connectivity index (χ4n) is 5.72. The van der Waals surface area contributed by atoms with E-state index in [1.807, 2.05) is 7.05 Å². The summed E-state index contributed by atoms with van der Waals surface area (Å²) in [7, 11) is 4.22. The van der Waals surface area contributed by atoms with Crippen LogP contribution < -0.4 is 5.32 Å². The van der Waals surface area contributed by atoms with Gasteiger partial charge in [-0.3, -0.25) is 9.89 Å². The fourth-order valence-corrected chi connectivity index (χ4v) is 5.72. The smallest absolute Gasteiger partial charge is 0.193 e. The molecule has 0 amide bonds. The zero-order chi connectivity index (χ0) is 20.8. The Labute approximate surface area is 206 Å². The van der Waals surface area contributed by atoms with E-state index in [0.717, 1.165) is 31.5 Å². The summed E-state index contributed by atoms with van der Waals surface area (Å²) in [6.07, 6.45) is 9.10. The Hall–Kier alpha value is -0.860. The van der Waals surface area contributed by atoms with E-state index >= 15 is 0 Å². The molecule has 5 nitrogen and oxygen atoms in total. The highest BCUT2D eigenvalue weighted by molar-refractivity contribution is 14.0. The molecule has 3 fully saturated rings. The van der Waals surface area contributed by atoms with Crippen LogP contribution in [0, 0.1) is 5.92 Å². The topological polar surface area (TPSA) is 34.1 Å². The van der Waals surface area contributed by atoms with Gasteiger partial charge in [0.25, 0.3) is 0 Å². The Morgan fingerprint density at radius 1 is 1.03 bits per heavy atom. The molecule has 3 aliphatic heterocycles. The summed E-state index contributed by atoms with van der Waals surface area (Å²) < 4.78 is 0. The number of rotatable bonds is 5. The molecule has 0 spiro atoms. The highest BCUT2D eigenvalue weighted by Crippen LogP contribution is 2.31. The molecule has 1 aromatic carbocycles. The summed E-state index contributed by atoms with van der Waals surface area (Å²) in [5, 5.41) is 3.83. The van der Waals surface area contributed by atoms with Crippen LogP contribution in [0.3, 0.4) is 0 Å². The van der Waals surface area contributed by atoms with E-state index in [-0.39, 0.29) is 24.0 Å². The number of nitrogens with one attached hydrogen (secondary N) is 1. The first-order valence-electron chi connectivity index (χ1n) is 12.1. The Morgan fingerprint density at radius 3 is 2.42 bits per heavy atom. The molecule has 3 saturated heterocycles. The summed E-state index contributed by atoms with van der Waals surface area (Å²) in [5.74, 6) is 1.84. The third-order valence-corrected chi connectivity index (χ3v) is 7.68. The molecule has 0 saturated carbocycles. The first-order valence-corrected chi connectivity index (χ1v) is 12.1. The molecule has 0 aliphatic carbocycles. The van der Waals surface area contributed by atoms with Gasteiger partial charge in [0, 0.05) is 32.2 Å². The molecule has 0 radical (unpaired) electrons. The monoisotopic (exact) mass is 539 g/mol. The Bertz CT molecular complexity index is 680. The summed E-state index contributed by atoms with van der Waals surface area (Å²) in [6, 6.07) is 10.9. The van der Waals surface area contributed by atoms with Gasteiger partial charge in [-0.25, -0.2) is 0 Å². The van der Waals surface area contributed by atoms with Crippen LogP contribution in [0.5, 0.6) is 0 Å². The van der Waals surface area contributed by atoms with Crippen LogP contribution in [0.25, 0.3) is 0 Å². The minimum absolute atomic E-state index is 0. The van der Waals surface area contributed by atoms with E-state index in [1.54, 1.807) is 0 Å². The summed E-state index contributed by atoms with van der Waals surface area (Å²) in [5.41, 5.74) is 1.76. The van der Waals surface area contributed by atoms with Gasteiger partial charge in [-0.15, -0.1) is 24.0 Å². The largest absolute Gasteiger partial charge is 0.354 e. The van der Waals surface area contributed by atoms with Gasteiger partial charge >= 0.3 is 0 Å². The van der Waals surface area contributed by atoms with Crippen LogP contribution in [-0.4, -0.2) is 86.1 Å². The molecule has 1 aromatic rings. The molecular formula is C25H42IN5. The van der Waals surface area contributed by atoms with Crippen LogP contribution in [0.2, 0.25) is 0 Å². The van der Waals surface area contributed by atoms with Crippen molar-refractivity contribution >= 4 is 29.9 Å².